The van der Waals surface area contributed by atoms with Gasteiger partial charge in [0.2, 0.25) is 0 Å². The quantitative estimate of drug-likeness (QED) is 0.174. The smallest absolute Gasteiger partial charge is 0.165 e. The molecule has 0 bridgehead atoms. The number of rotatable bonds is 5. The molecule has 4 heterocycles. The van der Waals surface area contributed by atoms with Gasteiger partial charge in [-0.25, -0.2) is 15.0 Å². The molecule has 0 atom stereocenters. The molecule has 0 saturated carbocycles. The highest BCUT2D eigenvalue weighted by atomic mass is 32.1. The summed E-state index contributed by atoms with van der Waals surface area (Å²) in [6, 6.07) is -22.5. The van der Waals surface area contributed by atoms with Crippen LogP contribution in [0.4, 0.5) is 0 Å². The highest BCUT2D eigenvalue weighted by molar-refractivity contribution is 7.27. The Bertz CT molecular complexity index is 5100. The Hall–Kier alpha value is -6.57. The molecule has 0 aliphatic heterocycles. The van der Waals surface area contributed by atoms with Crippen molar-refractivity contribution in [2.24, 2.45) is 0 Å². The molecule has 0 N–H and O–H groups in total. The molecule has 0 fully saturated rings. The van der Waals surface area contributed by atoms with Crippen molar-refractivity contribution in [3.63, 3.8) is 0 Å². The average Bonchev–Trinajstić information content (AvgIpc) is 1.60. The zero-order valence-corrected chi connectivity index (χ0v) is 30.5. The molecule has 0 aliphatic carbocycles. The van der Waals surface area contributed by atoms with Crippen LogP contribution in [0.25, 0.3) is 117 Å². The van der Waals surface area contributed by atoms with Crippen LogP contribution in [-0.4, -0.2) is 15.0 Å². The minimum Gasteiger partial charge on any atom is -0.208 e. The molecule has 266 valence electrons. The van der Waals surface area contributed by atoms with Crippen LogP contribution < -0.4 is 0 Å². The Morgan fingerprint density at radius 3 is 1.49 bits per heavy atom. The van der Waals surface area contributed by atoms with E-state index < -0.39 is 237 Å². The average molecular weight is 809 g/mol. The van der Waals surface area contributed by atoms with Crippen LogP contribution in [0.3, 0.4) is 0 Å². The van der Waals surface area contributed by atoms with Crippen molar-refractivity contribution >= 4 is 94.5 Å². The minimum atomic E-state index is -0.914. The summed E-state index contributed by atoms with van der Waals surface area (Å²) in [5.74, 6) is -2.24. The lowest BCUT2D eigenvalue weighted by atomic mass is 9.93. The van der Waals surface area contributed by atoms with Gasteiger partial charge in [0.1, 0.15) is 0 Å². The third-order valence-electron chi connectivity index (χ3n) is 8.93. The second-order valence-corrected chi connectivity index (χ2v) is 15.1. The molecule has 8 aromatic carbocycles. The maximum Gasteiger partial charge on any atom is 0.165 e. The lowest BCUT2D eigenvalue weighted by molar-refractivity contribution is 1.08. The normalized spacial score (nSPS) is 19.0. The van der Waals surface area contributed by atoms with Gasteiger partial charge in [0.15, 0.2) is 17.5 Å². The summed E-state index contributed by atoms with van der Waals surface area (Å²) in [6.45, 7) is 0. The summed E-state index contributed by atoms with van der Waals surface area (Å²) >= 11 is 1.87. The lowest BCUT2D eigenvalue weighted by Gasteiger charge is -2.12. The molecule has 57 heavy (non-hydrogen) atoms. The molecule has 0 amide bonds. The molecule has 12 rings (SSSR count). The molecule has 12 aromatic rings. The van der Waals surface area contributed by atoms with Crippen molar-refractivity contribution in [1.82, 2.24) is 15.0 Å². The fraction of sp³-hybridized carbons (Fsp3) is 0. The van der Waals surface area contributed by atoms with Gasteiger partial charge in [-0.2, -0.15) is 0 Å². The molecule has 4 aromatic heterocycles. The van der Waals surface area contributed by atoms with E-state index in [0.717, 1.165) is 0 Å². The van der Waals surface area contributed by atoms with Crippen LogP contribution in [0.5, 0.6) is 0 Å². The zero-order valence-electron chi connectivity index (χ0n) is 57.1. The summed E-state index contributed by atoms with van der Waals surface area (Å²) in [4.78, 5) is 13.2. The number of nitrogens with zero attached hydrogens (tertiary/aromatic N) is 3. The van der Waals surface area contributed by atoms with E-state index in [0.29, 0.717) is 34.0 Å². The topological polar surface area (TPSA) is 38.7 Å². The Balaban J connectivity index is 1.29. The van der Waals surface area contributed by atoms with E-state index in [1.165, 1.54) is 0 Å². The van der Waals surface area contributed by atoms with Gasteiger partial charge >= 0.3 is 0 Å². The predicted molar refractivity (Wildman–Crippen MR) is 246 cm³/mol. The van der Waals surface area contributed by atoms with Gasteiger partial charge in [0.25, 0.3) is 0 Å². The maximum atomic E-state index is 10.4. The van der Waals surface area contributed by atoms with Crippen LogP contribution in [-0.2, 0) is 0 Å². The van der Waals surface area contributed by atoms with Crippen LogP contribution in [0.1, 0.15) is 39.8 Å². The fourth-order valence-electron chi connectivity index (χ4n) is 6.52. The van der Waals surface area contributed by atoms with Crippen LogP contribution in [0.15, 0.2) is 175 Å². The molecule has 0 aliphatic rings. The Morgan fingerprint density at radius 2 is 0.789 bits per heavy atom. The van der Waals surface area contributed by atoms with Gasteiger partial charge in [-0.3, -0.25) is 0 Å². The molecule has 0 radical (unpaired) electrons. The maximum absolute atomic E-state index is 10.4. The van der Waals surface area contributed by atoms with Crippen molar-refractivity contribution in [2.75, 3.05) is 0 Å². The van der Waals surface area contributed by atoms with Gasteiger partial charge in [-0.05, 0) is 52.9 Å². The van der Waals surface area contributed by atoms with Gasteiger partial charge in [-0.15, -0.1) is 34.0 Å². The number of hydrogen-bond donors (Lipinski definition) is 0. The molecular formula is C51H29N3S3. The first-order valence-electron chi connectivity index (χ1n) is 31.1. The minimum absolute atomic E-state index is 0.122. The van der Waals surface area contributed by atoms with Crippen LogP contribution >= 0.6 is 34.0 Å². The number of thiophene rings is 3. The summed E-state index contributed by atoms with van der Waals surface area (Å²) in [5, 5.41) is -1.83. The van der Waals surface area contributed by atoms with E-state index in [2.05, 4.69) is 15.0 Å². The number of aromatic nitrogens is 3. The summed E-state index contributed by atoms with van der Waals surface area (Å²) in [5.41, 5.74) is -3.88. The molecular weight excluding hydrogens is 751 g/mol. The lowest BCUT2D eigenvalue weighted by Crippen LogP contribution is -2.00. The molecule has 0 unspecified atom stereocenters. The van der Waals surface area contributed by atoms with Crippen molar-refractivity contribution in [3.05, 3.63) is 175 Å². The highest BCUT2D eigenvalue weighted by Gasteiger charge is 2.21. The third kappa shape index (κ3) is 5.26. The monoisotopic (exact) mass is 808 g/mol. The number of fused-ring (bicyclic) bond motifs is 9. The highest BCUT2D eigenvalue weighted by Crippen LogP contribution is 2.49. The first kappa shape index (κ1) is 15.1. The van der Waals surface area contributed by atoms with Gasteiger partial charge in [-0.1, -0.05) is 139 Å². The van der Waals surface area contributed by atoms with Crippen molar-refractivity contribution in [3.8, 4) is 56.4 Å². The van der Waals surface area contributed by atoms with Gasteiger partial charge in [0, 0.05) is 82.8 Å². The van der Waals surface area contributed by atoms with E-state index in [4.69, 9.17) is 26.0 Å². The van der Waals surface area contributed by atoms with Crippen molar-refractivity contribution in [1.29, 1.82) is 0 Å². The molecule has 6 heteroatoms. The molecule has 3 nitrogen and oxygen atoms in total. The van der Waals surface area contributed by atoms with Crippen molar-refractivity contribution in [2.45, 2.75) is 0 Å². The Morgan fingerprint density at radius 1 is 0.316 bits per heavy atom. The van der Waals surface area contributed by atoms with Gasteiger partial charge in [0.05, 0.1) is 39.8 Å². The van der Waals surface area contributed by atoms with E-state index in [1.807, 2.05) is 0 Å². The summed E-state index contributed by atoms with van der Waals surface area (Å²) in [6.07, 6.45) is 0. The van der Waals surface area contributed by atoms with E-state index in [-0.39, 0.29) is 55.1 Å². The first-order chi connectivity index (χ1) is 40.3. The van der Waals surface area contributed by atoms with Crippen LogP contribution in [0, 0.1) is 0 Å². The first-order valence-corrected chi connectivity index (χ1v) is 19.0. The Kier molecular flexibility index (Phi) is 3.44. The number of hydrogen-bond acceptors (Lipinski definition) is 6. The summed E-state index contributed by atoms with van der Waals surface area (Å²) in [7, 11) is 0. The summed E-state index contributed by atoms with van der Waals surface area (Å²) < 4.78 is 260. The fourth-order valence-corrected chi connectivity index (χ4v) is 9.77. The number of benzene rings is 8. The molecule has 0 spiro atoms. The third-order valence-corrected chi connectivity index (χ3v) is 12.3. The van der Waals surface area contributed by atoms with E-state index >= 15 is 0 Å². The largest absolute Gasteiger partial charge is 0.208 e. The zero-order chi connectivity index (χ0) is 62.7. The SMILES string of the molecule is [2H]c1c([2H])c([2H])c(-c2nc(-c3c([2H])c([2H])c([2H])c([2H])c3[2H])nc(-c3c([2H])c([2H])c([2H])c4c3sc3c([2H])c([2H])c([2H])c(-c5c([2H])c(-c6c([2H])c([2H])c([2H])c7c6sc6c([2H])c([2H])c([2H])c([2H])c67)c([2H])c6c5sc5c([2H])c([2H])c([2H])c([2H])c56)c34)n2)c([2H])c1[2H]. The predicted octanol–water partition coefficient (Wildman–Crippen LogP) is 15.3. The van der Waals surface area contributed by atoms with Crippen LogP contribution in [0.2, 0.25) is 0 Å². The van der Waals surface area contributed by atoms with E-state index in [1.54, 1.807) is 0 Å². The van der Waals surface area contributed by atoms with Crippen molar-refractivity contribution < 1.29 is 39.8 Å². The molecule has 0 saturated heterocycles. The standard InChI is InChI=1S/C51H29N3S3/c1-3-14-30(15-4-1)49-52-50(31-16-5-2-6-17-31)54-51(53-49)39-24-12-23-38-45-36(21-13-27-44(45)57-47(38)39)41-29-32(28-40-35-19-8-10-26-43(35)56-48(40)41)33-20-11-22-37-34-18-7-9-25-42(34)55-46(33)37/h1-29H/i1D,2D,3D,4D,5D,6D,7D,8D,9D,10D,11D,12D,13D,14D,15D,16D,17D,18D,19D,20D,21D,22D,23D,24D,25D,26D,27D,28D,29D. The second-order valence-electron chi connectivity index (χ2n) is 12.1. The van der Waals surface area contributed by atoms with Gasteiger partial charge < -0.3 is 0 Å². The second kappa shape index (κ2) is 13.0. The van der Waals surface area contributed by atoms with E-state index in [9.17, 15) is 13.7 Å². The Labute approximate surface area is 380 Å².